The van der Waals surface area contributed by atoms with E-state index in [0.717, 1.165) is 19.4 Å². The first-order valence-electron chi connectivity index (χ1n) is 7.17. The molecular formula is C14H23N3O2S. The molecule has 0 saturated carbocycles. The van der Waals surface area contributed by atoms with Crippen molar-refractivity contribution in [1.82, 2.24) is 14.6 Å². The van der Waals surface area contributed by atoms with Gasteiger partial charge >= 0.3 is 0 Å². The van der Waals surface area contributed by atoms with Gasteiger partial charge in [-0.15, -0.1) is 0 Å². The summed E-state index contributed by atoms with van der Waals surface area (Å²) in [5.74, 6) is 0. The van der Waals surface area contributed by atoms with Gasteiger partial charge < -0.3 is 5.32 Å². The van der Waals surface area contributed by atoms with Crippen molar-refractivity contribution in [1.29, 1.82) is 0 Å². The number of sulfonamides is 1. The van der Waals surface area contributed by atoms with Crippen molar-refractivity contribution in [3.05, 3.63) is 24.5 Å². The maximum absolute atomic E-state index is 12.7. The van der Waals surface area contributed by atoms with Crippen LogP contribution in [-0.4, -0.2) is 42.9 Å². The van der Waals surface area contributed by atoms with Crippen molar-refractivity contribution in [3.63, 3.8) is 0 Å². The van der Waals surface area contributed by atoms with Crippen LogP contribution in [0.25, 0.3) is 0 Å². The molecule has 20 heavy (non-hydrogen) atoms. The predicted octanol–water partition coefficient (Wildman–Crippen LogP) is 1.62. The standard InChI is InChI=1S/C14H23N3O2S/c1-12(2)17(11-13-6-3-4-9-16-13)20(18,19)14-7-5-8-15-10-14/h5,7-8,10,12-13,16H,3-4,6,9,11H2,1-2H3. The van der Waals surface area contributed by atoms with Crippen molar-refractivity contribution in [3.8, 4) is 0 Å². The second-order valence-electron chi connectivity index (χ2n) is 5.50. The van der Waals surface area contributed by atoms with E-state index in [4.69, 9.17) is 0 Å². The maximum Gasteiger partial charge on any atom is 0.244 e. The Morgan fingerprint density at radius 3 is 2.80 bits per heavy atom. The number of rotatable bonds is 5. The lowest BCUT2D eigenvalue weighted by atomic mass is 10.1. The summed E-state index contributed by atoms with van der Waals surface area (Å²) in [4.78, 5) is 4.19. The van der Waals surface area contributed by atoms with Gasteiger partial charge in [0.05, 0.1) is 0 Å². The highest BCUT2D eigenvalue weighted by Crippen LogP contribution is 2.19. The number of piperidine rings is 1. The number of nitrogens with zero attached hydrogens (tertiary/aromatic N) is 2. The Labute approximate surface area is 121 Å². The summed E-state index contributed by atoms with van der Waals surface area (Å²) in [6.45, 7) is 5.33. The molecule has 2 heterocycles. The van der Waals surface area contributed by atoms with E-state index in [-0.39, 0.29) is 17.0 Å². The average molecular weight is 297 g/mol. The fourth-order valence-electron chi connectivity index (χ4n) is 2.52. The fraction of sp³-hybridized carbons (Fsp3) is 0.643. The van der Waals surface area contributed by atoms with Crippen LogP contribution in [0.3, 0.4) is 0 Å². The Morgan fingerprint density at radius 2 is 2.25 bits per heavy atom. The van der Waals surface area contributed by atoms with E-state index in [9.17, 15) is 8.42 Å². The summed E-state index contributed by atoms with van der Waals surface area (Å²) in [7, 11) is -3.47. The molecule has 1 aromatic heterocycles. The van der Waals surface area contributed by atoms with Crippen molar-refractivity contribution in [2.75, 3.05) is 13.1 Å². The molecule has 1 atom stereocenters. The minimum absolute atomic E-state index is 0.0658. The molecule has 2 rings (SSSR count). The van der Waals surface area contributed by atoms with Gasteiger partial charge in [-0.25, -0.2) is 8.42 Å². The molecule has 5 nitrogen and oxygen atoms in total. The quantitative estimate of drug-likeness (QED) is 0.897. The molecule has 112 valence electrons. The highest BCUT2D eigenvalue weighted by molar-refractivity contribution is 7.89. The van der Waals surface area contributed by atoms with Crippen LogP contribution in [0.1, 0.15) is 33.1 Å². The molecule has 0 aromatic carbocycles. The molecule has 0 spiro atoms. The third kappa shape index (κ3) is 3.56. The molecule has 1 aromatic rings. The van der Waals surface area contributed by atoms with Gasteiger partial charge in [0, 0.05) is 31.0 Å². The van der Waals surface area contributed by atoms with Crippen LogP contribution in [-0.2, 0) is 10.0 Å². The Kier molecular flexibility index (Phi) is 5.12. The van der Waals surface area contributed by atoms with E-state index >= 15 is 0 Å². The number of hydrogen-bond donors (Lipinski definition) is 1. The topological polar surface area (TPSA) is 62.3 Å². The van der Waals surface area contributed by atoms with Gasteiger partial charge in [0.1, 0.15) is 4.90 Å². The predicted molar refractivity (Wildman–Crippen MR) is 78.9 cm³/mol. The van der Waals surface area contributed by atoms with Crippen molar-refractivity contribution in [2.45, 2.75) is 50.1 Å². The van der Waals surface area contributed by atoms with E-state index in [1.165, 1.54) is 12.6 Å². The molecule has 1 saturated heterocycles. The molecule has 1 aliphatic heterocycles. The third-order valence-electron chi connectivity index (χ3n) is 3.63. The zero-order chi connectivity index (χ0) is 14.6. The lowest BCUT2D eigenvalue weighted by Crippen LogP contribution is -2.48. The van der Waals surface area contributed by atoms with Gasteiger partial charge in [-0.05, 0) is 45.4 Å². The highest BCUT2D eigenvalue weighted by Gasteiger charge is 2.29. The summed E-state index contributed by atoms with van der Waals surface area (Å²) in [5, 5.41) is 3.41. The first-order valence-corrected chi connectivity index (χ1v) is 8.61. The van der Waals surface area contributed by atoms with Gasteiger partial charge in [0.2, 0.25) is 10.0 Å². The maximum atomic E-state index is 12.7. The van der Waals surface area contributed by atoms with Crippen LogP contribution in [0.5, 0.6) is 0 Å². The van der Waals surface area contributed by atoms with Crippen LogP contribution in [0.15, 0.2) is 29.4 Å². The summed E-state index contributed by atoms with van der Waals surface area (Å²) in [6, 6.07) is 3.44. The highest BCUT2D eigenvalue weighted by atomic mass is 32.2. The van der Waals surface area contributed by atoms with Crippen LogP contribution in [0, 0.1) is 0 Å². The summed E-state index contributed by atoms with van der Waals surface area (Å²) in [6.07, 6.45) is 6.37. The Morgan fingerprint density at radius 1 is 1.45 bits per heavy atom. The van der Waals surface area contributed by atoms with Crippen molar-refractivity contribution < 1.29 is 8.42 Å². The first kappa shape index (κ1) is 15.4. The molecule has 0 bridgehead atoms. The second kappa shape index (κ2) is 6.65. The molecule has 1 fully saturated rings. The molecule has 1 unspecified atom stereocenters. The average Bonchev–Trinajstić information content (AvgIpc) is 2.46. The van der Waals surface area contributed by atoms with Crippen LogP contribution in [0.4, 0.5) is 0 Å². The van der Waals surface area contributed by atoms with E-state index in [1.807, 2.05) is 13.8 Å². The number of nitrogens with one attached hydrogen (secondary N) is 1. The Balaban J connectivity index is 2.19. The van der Waals surface area contributed by atoms with E-state index in [1.54, 1.807) is 22.6 Å². The van der Waals surface area contributed by atoms with Crippen molar-refractivity contribution >= 4 is 10.0 Å². The number of pyridine rings is 1. The number of hydrogen-bond acceptors (Lipinski definition) is 4. The van der Waals surface area contributed by atoms with Crippen LogP contribution >= 0.6 is 0 Å². The first-order chi connectivity index (χ1) is 9.51. The number of aromatic nitrogens is 1. The smallest absolute Gasteiger partial charge is 0.244 e. The monoisotopic (exact) mass is 297 g/mol. The van der Waals surface area contributed by atoms with E-state index in [0.29, 0.717) is 6.54 Å². The summed E-state index contributed by atoms with van der Waals surface area (Å²) < 4.78 is 27.0. The summed E-state index contributed by atoms with van der Waals surface area (Å²) >= 11 is 0. The van der Waals surface area contributed by atoms with Crippen LogP contribution in [0.2, 0.25) is 0 Å². The minimum atomic E-state index is -3.47. The third-order valence-corrected chi connectivity index (χ3v) is 5.66. The fourth-order valence-corrected chi connectivity index (χ4v) is 4.17. The second-order valence-corrected chi connectivity index (χ2v) is 7.39. The Hall–Kier alpha value is -0.980. The molecular weight excluding hydrogens is 274 g/mol. The van der Waals surface area contributed by atoms with Crippen LogP contribution < -0.4 is 5.32 Å². The van der Waals surface area contributed by atoms with Gasteiger partial charge in [-0.2, -0.15) is 4.31 Å². The lowest BCUT2D eigenvalue weighted by Gasteiger charge is -2.32. The normalized spacial score (nSPS) is 20.5. The zero-order valence-corrected chi connectivity index (χ0v) is 12.9. The lowest BCUT2D eigenvalue weighted by molar-refractivity contribution is 0.282. The SMILES string of the molecule is CC(C)N(CC1CCCCN1)S(=O)(=O)c1cccnc1. The van der Waals surface area contributed by atoms with E-state index < -0.39 is 10.0 Å². The Bertz CT molecular complexity index is 510. The zero-order valence-electron chi connectivity index (χ0n) is 12.1. The van der Waals surface area contributed by atoms with E-state index in [2.05, 4.69) is 10.3 Å². The summed E-state index contributed by atoms with van der Waals surface area (Å²) in [5.41, 5.74) is 0. The molecule has 0 amide bonds. The molecule has 0 radical (unpaired) electrons. The largest absolute Gasteiger partial charge is 0.313 e. The van der Waals surface area contributed by atoms with Gasteiger partial charge in [0.25, 0.3) is 0 Å². The molecule has 6 heteroatoms. The van der Waals surface area contributed by atoms with Gasteiger partial charge in [-0.1, -0.05) is 6.42 Å². The van der Waals surface area contributed by atoms with Crippen molar-refractivity contribution in [2.24, 2.45) is 0 Å². The van der Waals surface area contributed by atoms with Gasteiger partial charge in [-0.3, -0.25) is 4.98 Å². The molecule has 1 N–H and O–H groups in total. The molecule has 1 aliphatic rings. The van der Waals surface area contributed by atoms with Gasteiger partial charge in [0.15, 0.2) is 0 Å². The minimum Gasteiger partial charge on any atom is -0.313 e. The molecule has 0 aliphatic carbocycles.